The van der Waals surface area contributed by atoms with E-state index >= 15 is 0 Å². The summed E-state index contributed by atoms with van der Waals surface area (Å²) in [7, 11) is 0. The van der Waals surface area contributed by atoms with Crippen molar-refractivity contribution in [3.05, 3.63) is 59.7 Å². The third kappa shape index (κ3) is 4.62. The lowest BCUT2D eigenvalue weighted by Crippen LogP contribution is -2.35. The maximum Gasteiger partial charge on any atom is 0.242 e. The van der Waals surface area contributed by atoms with Gasteiger partial charge in [0.15, 0.2) is 11.0 Å². The van der Waals surface area contributed by atoms with E-state index < -0.39 is 5.25 Å². The zero-order valence-electron chi connectivity index (χ0n) is 16.9. The molecule has 30 heavy (non-hydrogen) atoms. The summed E-state index contributed by atoms with van der Waals surface area (Å²) in [5, 5.41) is 3.01. The number of nitrogens with one attached hydrogen (secondary N) is 1. The Balaban J connectivity index is 1.45. The molecule has 4 rings (SSSR count). The van der Waals surface area contributed by atoms with E-state index in [0.29, 0.717) is 16.4 Å². The maximum atomic E-state index is 13.0. The first-order chi connectivity index (χ1) is 14.4. The van der Waals surface area contributed by atoms with Crippen LogP contribution in [0.15, 0.2) is 53.5 Å². The van der Waals surface area contributed by atoms with E-state index in [4.69, 9.17) is 4.99 Å². The van der Waals surface area contributed by atoms with E-state index in [1.54, 1.807) is 29.2 Å². The van der Waals surface area contributed by atoms with Crippen LogP contribution >= 0.6 is 11.8 Å². The number of anilines is 1. The second-order valence-electron chi connectivity index (χ2n) is 7.67. The van der Waals surface area contributed by atoms with Crippen LogP contribution in [-0.2, 0) is 9.59 Å². The van der Waals surface area contributed by atoms with Crippen LogP contribution in [0.25, 0.3) is 0 Å². The molecule has 2 amide bonds. The summed E-state index contributed by atoms with van der Waals surface area (Å²) in [6, 6.07) is 14.8. The molecule has 0 bridgehead atoms. The second kappa shape index (κ2) is 8.44. The number of amidine groups is 1. The van der Waals surface area contributed by atoms with Gasteiger partial charge in [-0.1, -0.05) is 23.9 Å². The number of aryl methyl sites for hydroxylation is 1. The number of rotatable bonds is 6. The molecule has 1 aliphatic carbocycles. The standard InChI is InChI=1S/C23H23N3O3S/c1-14-4-3-5-18(12-14)25-23-26(19-10-11-19)22(29)20(30-23)13-21(28)24-17-8-6-16(7-9-17)15(2)27/h3-9,12,19-20H,10-11,13H2,1-2H3,(H,24,28). The van der Waals surface area contributed by atoms with Crippen molar-refractivity contribution in [1.82, 2.24) is 4.90 Å². The van der Waals surface area contributed by atoms with E-state index in [0.717, 1.165) is 24.1 Å². The quantitative estimate of drug-likeness (QED) is 0.705. The molecule has 2 aromatic rings. The minimum Gasteiger partial charge on any atom is -0.326 e. The van der Waals surface area contributed by atoms with Gasteiger partial charge < -0.3 is 5.32 Å². The minimum atomic E-state index is -0.481. The first-order valence-corrected chi connectivity index (χ1v) is 10.8. The predicted octanol–water partition coefficient (Wildman–Crippen LogP) is 4.32. The molecule has 2 aliphatic rings. The summed E-state index contributed by atoms with van der Waals surface area (Å²) in [5.41, 5.74) is 3.11. The maximum absolute atomic E-state index is 13.0. The van der Waals surface area contributed by atoms with Gasteiger partial charge in [0.2, 0.25) is 11.8 Å². The Kier molecular flexibility index (Phi) is 5.72. The molecule has 1 atom stereocenters. The smallest absolute Gasteiger partial charge is 0.242 e. The van der Waals surface area contributed by atoms with Crippen molar-refractivity contribution >= 4 is 45.9 Å². The zero-order valence-corrected chi connectivity index (χ0v) is 17.7. The predicted molar refractivity (Wildman–Crippen MR) is 119 cm³/mol. The molecular weight excluding hydrogens is 398 g/mol. The highest BCUT2D eigenvalue weighted by molar-refractivity contribution is 8.15. The van der Waals surface area contributed by atoms with E-state index in [9.17, 15) is 14.4 Å². The van der Waals surface area contributed by atoms with Crippen LogP contribution in [0.1, 0.15) is 42.1 Å². The Labute approximate surface area is 179 Å². The lowest BCUT2D eigenvalue weighted by Gasteiger charge is -2.15. The highest BCUT2D eigenvalue weighted by Crippen LogP contribution is 2.39. The lowest BCUT2D eigenvalue weighted by molar-refractivity contribution is -0.128. The van der Waals surface area contributed by atoms with Crippen molar-refractivity contribution in [3.63, 3.8) is 0 Å². The van der Waals surface area contributed by atoms with Crippen LogP contribution in [0.2, 0.25) is 0 Å². The molecule has 1 heterocycles. The molecule has 2 aromatic carbocycles. The normalized spacial score (nSPS) is 19.9. The van der Waals surface area contributed by atoms with Gasteiger partial charge in [0.1, 0.15) is 5.25 Å². The number of carbonyl (C=O) groups is 3. The molecular formula is C23H23N3O3S. The molecule has 7 heteroatoms. The highest BCUT2D eigenvalue weighted by Gasteiger charge is 2.46. The molecule has 0 aromatic heterocycles. The SMILES string of the molecule is CC(=O)c1ccc(NC(=O)CC2SC(=Nc3cccc(C)c3)N(C3CC3)C2=O)cc1. The number of hydrogen-bond donors (Lipinski definition) is 1. The van der Waals surface area contributed by atoms with Gasteiger partial charge in [-0.2, -0.15) is 0 Å². The fourth-order valence-electron chi connectivity index (χ4n) is 3.34. The van der Waals surface area contributed by atoms with Crippen LogP contribution in [0.3, 0.4) is 0 Å². The zero-order chi connectivity index (χ0) is 21.3. The molecule has 1 saturated heterocycles. The van der Waals surface area contributed by atoms with Crippen molar-refractivity contribution in [2.45, 2.75) is 44.4 Å². The molecule has 0 radical (unpaired) electrons. The second-order valence-corrected chi connectivity index (χ2v) is 8.84. The van der Waals surface area contributed by atoms with Crippen LogP contribution in [0.4, 0.5) is 11.4 Å². The number of amides is 2. The van der Waals surface area contributed by atoms with Gasteiger partial charge in [-0.3, -0.25) is 19.3 Å². The third-order valence-corrected chi connectivity index (χ3v) is 6.20. The van der Waals surface area contributed by atoms with Crippen molar-refractivity contribution in [3.8, 4) is 0 Å². The summed E-state index contributed by atoms with van der Waals surface area (Å²) in [5.74, 6) is -0.304. The Hall–Kier alpha value is -2.93. The van der Waals surface area contributed by atoms with Crippen LogP contribution in [-0.4, -0.2) is 39.0 Å². The average Bonchev–Trinajstić information content (AvgIpc) is 3.48. The molecule has 1 saturated carbocycles. The third-order valence-electron chi connectivity index (χ3n) is 5.05. The number of hydrogen-bond acceptors (Lipinski definition) is 5. The number of carbonyl (C=O) groups excluding carboxylic acids is 3. The summed E-state index contributed by atoms with van der Waals surface area (Å²) >= 11 is 1.36. The Morgan fingerprint density at radius 1 is 1.17 bits per heavy atom. The van der Waals surface area contributed by atoms with Gasteiger partial charge in [0, 0.05) is 23.7 Å². The molecule has 1 aliphatic heterocycles. The first-order valence-electron chi connectivity index (χ1n) is 9.96. The number of benzene rings is 2. The molecule has 1 unspecified atom stereocenters. The Morgan fingerprint density at radius 3 is 2.53 bits per heavy atom. The van der Waals surface area contributed by atoms with Crippen molar-refractivity contribution < 1.29 is 14.4 Å². The van der Waals surface area contributed by atoms with Gasteiger partial charge in [0.05, 0.1) is 5.69 Å². The molecule has 154 valence electrons. The minimum absolute atomic E-state index is 0.0265. The lowest BCUT2D eigenvalue weighted by atomic mass is 10.1. The fraction of sp³-hybridized carbons (Fsp3) is 0.304. The number of ketones is 1. The fourth-order valence-corrected chi connectivity index (χ4v) is 4.55. The van der Waals surface area contributed by atoms with Crippen molar-refractivity contribution in [2.75, 3.05) is 5.32 Å². The van der Waals surface area contributed by atoms with Crippen LogP contribution in [0, 0.1) is 6.92 Å². The molecule has 0 spiro atoms. The Morgan fingerprint density at radius 2 is 1.90 bits per heavy atom. The Bertz CT molecular complexity index is 1030. The van der Waals surface area contributed by atoms with E-state index in [1.807, 2.05) is 31.2 Å². The van der Waals surface area contributed by atoms with Gasteiger partial charge in [0.25, 0.3) is 0 Å². The summed E-state index contributed by atoms with van der Waals surface area (Å²) in [6.45, 7) is 3.50. The van der Waals surface area contributed by atoms with Gasteiger partial charge in [-0.15, -0.1) is 0 Å². The molecule has 1 N–H and O–H groups in total. The van der Waals surface area contributed by atoms with Crippen molar-refractivity contribution in [1.29, 1.82) is 0 Å². The van der Waals surface area contributed by atoms with Crippen LogP contribution < -0.4 is 5.32 Å². The van der Waals surface area contributed by atoms with Gasteiger partial charge >= 0.3 is 0 Å². The largest absolute Gasteiger partial charge is 0.326 e. The molecule has 6 nitrogen and oxygen atoms in total. The van der Waals surface area contributed by atoms with E-state index in [1.165, 1.54) is 18.7 Å². The number of nitrogens with zero attached hydrogens (tertiary/aromatic N) is 2. The first kappa shape index (κ1) is 20.3. The van der Waals surface area contributed by atoms with Crippen molar-refractivity contribution in [2.24, 2.45) is 4.99 Å². The van der Waals surface area contributed by atoms with Crippen LogP contribution in [0.5, 0.6) is 0 Å². The number of thioether (sulfide) groups is 1. The number of Topliss-reactive ketones (excluding diaryl/α,β-unsaturated/α-hetero) is 1. The average molecular weight is 422 g/mol. The topological polar surface area (TPSA) is 78.8 Å². The van der Waals surface area contributed by atoms with Gasteiger partial charge in [-0.25, -0.2) is 4.99 Å². The van der Waals surface area contributed by atoms with Gasteiger partial charge in [-0.05, 0) is 68.7 Å². The highest BCUT2D eigenvalue weighted by atomic mass is 32.2. The molecule has 2 fully saturated rings. The van der Waals surface area contributed by atoms with E-state index in [2.05, 4.69) is 5.32 Å². The summed E-state index contributed by atoms with van der Waals surface area (Å²) < 4.78 is 0. The summed E-state index contributed by atoms with van der Waals surface area (Å²) in [4.78, 5) is 43.3. The number of aliphatic imine (C=N–C) groups is 1. The summed E-state index contributed by atoms with van der Waals surface area (Å²) in [6.07, 6.45) is 2.02. The monoisotopic (exact) mass is 421 g/mol. The van der Waals surface area contributed by atoms with E-state index in [-0.39, 0.29) is 30.1 Å².